The van der Waals surface area contributed by atoms with Gasteiger partial charge in [-0.25, -0.2) is 8.42 Å². The smallest absolute Gasteiger partial charge is 0.251 e. The zero-order valence-electron chi connectivity index (χ0n) is 16.0. The summed E-state index contributed by atoms with van der Waals surface area (Å²) in [6.07, 6.45) is 5.88. The molecule has 3 rings (SSSR count). The fourth-order valence-corrected chi connectivity index (χ4v) is 3.90. The molecular weight excluding hydrogens is 360 g/mol. The number of fused-ring (bicyclic) bond motifs is 1. The molecule has 6 heteroatoms. The van der Waals surface area contributed by atoms with E-state index in [1.807, 2.05) is 6.92 Å². The zero-order valence-corrected chi connectivity index (χ0v) is 16.8. The van der Waals surface area contributed by atoms with Crippen LogP contribution in [0.15, 0.2) is 42.5 Å². The van der Waals surface area contributed by atoms with Crippen molar-refractivity contribution in [2.75, 3.05) is 17.6 Å². The highest BCUT2D eigenvalue weighted by molar-refractivity contribution is 7.92. The lowest BCUT2D eigenvalue weighted by Gasteiger charge is -2.20. The van der Waals surface area contributed by atoms with Crippen LogP contribution >= 0.6 is 0 Å². The van der Waals surface area contributed by atoms with E-state index in [0.717, 1.165) is 24.7 Å². The van der Waals surface area contributed by atoms with Crippen LogP contribution < -0.4 is 9.62 Å². The summed E-state index contributed by atoms with van der Waals surface area (Å²) in [5.74, 6) is -0.172. The van der Waals surface area contributed by atoms with Gasteiger partial charge in [-0.2, -0.15) is 0 Å². The van der Waals surface area contributed by atoms with E-state index in [1.54, 1.807) is 24.3 Å². The standard InChI is InChI=1S/C21H26N2O3S/c1-15(18-9-8-16-6-4-5-7-19(16)14-18)22-21(24)17-10-12-20(13-11-17)23(2)27(3,25)26/h8-15H,4-7H2,1-3H3,(H,22,24). The fourth-order valence-electron chi connectivity index (χ4n) is 3.40. The molecule has 5 nitrogen and oxygen atoms in total. The topological polar surface area (TPSA) is 66.5 Å². The highest BCUT2D eigenvalue weighted by Crippen LogP contribution is 2.25. The third-order valence-corrected chi connectivity index (χ3v) is 6.42. The van der Waals surface area contributed by atoms with E-state index >= 15 is 0 Å². The van der Waals surface area contributed by atoms with Gasteiger partial charge in [0.25, 0.3) is 5.91 Å². The van der Waals surface area contributed by atoms with Crippen LogP contribution in [0.5, 0.6) is 0 Å². The molecule has 0 saturated heterocycles. The predicted molar refractivity (Wildman–Crippen MR) is 109 cm³/mol. The SMILES string of the molecule is CC(NC(=O)c1ccc(N(C)S(C)(=O)=O)cc1)c1ccc2c(c1)CCCC2. The van der Waals surface area contributed by atoms with Gasteiger partial charge >= 0.3 is 0 Å². The Morgan fingerprint density at radius 1 is 1.04 bits per heavy atom. The van der Waals surface area contributed by atoms with Gasteiger partial charge in [-0.15, -0.1) is 0 Å². The minimum Gasteiger partial charge on any atom is -0.346 e. The summed E-state index contributed by atoms with van der Waals surface area (Å²) in [7, 11) is -1.83. The summed E-state index contributed by atoms with van der Waals surface area (Å²) in [5, 5.41) is 3.03. The van der Waals surface area contributed by atoms with E-state index in [-0.39, 0.29) is 11.9 Å². The number of nitrogens with zero attached hydrogens (tertiary/aromatic N) is 1. The molecule has 1 amide bonds. The van der Waals surface area contributed by atoms with Crippen molar-refractivity contribution in [1.29, 1.82) is 0 Å². The van der Waals surface area contributed by atoms with Crippen LogP contribution in [-0.2, 0) is 22.9 Å². The Bertz CT molecular complexity index is 936. The summed E-state index contributed by atoms with van der Waals surface area (Å²) in [6.45, 7) is 1.98. The number of amides is 1. The molecule has 0 bridgehead atoms. The molecule has 1 unspecified atom stereocenters. The molecule has 2 aromatic rings. The molecule has 1 aliphatic carbocycles. The first-order valence-electron chi connectivity index (χ1n) is 9.22. The third kappa shape index (κ3) is 4.50. The Morgan fingerprint density at radius 3 is 2.30 bits per heavy atom. The normalized spacial score (nSPS) is 14.9. The van der Waals surface area contributed by atoms with E-state index in [9.17, 15) is 13.2 Å². The number of anilines is 1. The van der Waals surface area contributed by atoms with Crippen molar-refractivity contribution in [1.82, 2.24) is 5.32 Å². The van der Waals surface area contributed by atoms with Crippen molar-refractivity contribution in [2.24, 2.45) is 0 Å². The van der Waals surface area contributed by atoms with Gasteiger partial charge in [0.15, 0.2) is 0 Å². The second kappa shape index (κ2) is 7.72. The van der Waals surface area contributed by atoms with Gasteiger partial charge in [0.2, 0.25) is 10.0 Å². The Morgan fingerprint density at radius 2 is 1.67 bits per heavy atom. The Hall–Kier alpha value is -2.34. The maximum atomic E-state index is 12.6. The first-order chi connectivity index (χ1) is 12.8. The molecule has 0 aromatic heterocycles. The maximum Gasteiger partial charge on any atom is 0.251 e. The number of carbonyl (C=O) groups excluding carboxylic acids is 1. The zero-order chi connectivity index (χ0) is 19.6. The van der Waals surface area contributed by atoms with E-state index in [1.165, 1.54) is 35.3 Å². The van der Waals surface area contributed by atoms with Gasteiger partial charge in [-0.1, -0.05) is 18.2 Å². The van der Waals surface area contributed by atoms with Gasteiger partial charge in [0, 0.05) is 12.6 Å². The first kappa shape index (κ1) is 19.4. The van der Waals surface area contributed by atoms with Crippen LogP contribution in [0.25, 0.3) is 0 Å². The van der Waals surface area contributed by atoms with Gasteiger partial charge in [-0.3, -0.25) is 9.10 Å². The minimum atomic E-state index is -3.32. The molecule has 1 N–H and O–H groups in total. The largest absolute Gasteiger partial charge is 0.346 e. The second-order valence-corrected chi connectivity index (χ2v) is 9.22. The molecule has 0 radical (unpaired) electrons. The molecule has 1 aliphatic rings. The summed E-state index contributed by atoms with van der Waals surface area (Å²) < 4.78 is 24.4. The van der Waals surface area contributed by atoms with Crippen LogP contribution in [0.3, 0.4) is 0 Å². The fraction of sp³-hybridized carbons (Fsp3) is 0.381. The molecule has 0 saturated carbocycles. The Balaban J connectivity index is 1.69. The quantitative estimate of drug-likeness (QED) is 0.856. The van der Waals surface area contributed by atoms with Crippen molar-refractivity contribution >= 4 is 21.6 Å². The lowest BCUT2D eigenvalue weighted by molar-refractivity contribution is 0.0940. The van der Waals surface area contributed by atoms with Crippen molar-refractivity contribution in [3.63, 3.8) is 0 Å². The van der Waals surface area contributed by atoms with E-state index in [4.69, 9.17) is 0 Å². The monoisotopic (exact) mass is 386 g/mol. The van der Waals surface area contributed by atoms with Crippen LogP contribution in [0, 0.1) is 0 Å². The lowest BCUT2D eigenvalue weighted by Crippen LogP contribution is -2.27. The molecule has 0 fully saturated rings. The molecule has 0 spiro atoms. The van der Waals surface area contributed by atoms with Gasteiger partial charge < -0.3 is 5.32 Å². The molecule has 2 aromatic carbocycles. The number of aryl methyl sites for hydroxylation is 2. The van der Waals surface area contributed by atoms with Crippen LogP contribution in [0.2, 0.25) is 0 Å². The van der Waals surface area contributed by atoms with E-state index in [2.05, 4.69) is 23.5 Å². The third-order valence-electron chi connectivity index (χ3n) is 5.21. The van der Waals surface area contributed by atoms with Crippen molar-refractivity contribution in [3.05, 3.63) is 64.7 Å². The molecule has 1 atom stereocenters. The van der Waals surface area contributed by atoms with Crippen molar-refractivity contribution in [2.45, 2.75) is 38.6 Å². The predicted octanol–water partition coefficient (Wildman–Crippen LogP) is 3.45. The summed E-state index contributed by atoms with van der Waals surface area (Å²) in [4.78, 5) is 12.6. The van der Waals surface area contributed by atoms with Crippen LogP contribution in [0.1, 0.15) is 52.9 Å². The molecule has 27 heavy (non-hydrogen) atoms. The number of hydrogen-bond acceptors (Lipinski definition) is 3. The van der Waals surface area contributed by atoms with Gasteiger partial charge in [0.1, 0.15) is 0 Å². The number of hydrogen-bond donors (Lipinski definition) is 1. The average molecular weight is 387 g/mol. The van der Waals surface area contributed by atoms with E-state index < -0.39 is 10.0 Å². The summed E-state index contributed by atoms with van der Waals surface area (Å²) >= 11 is 0. The van der Waals surface area contributed by atoms with Crippen LogP contribution in [0.4, 0.5) is 5.69 Å². The molecule has 0 heterocycles. The summed E-state index contributed by atoms with van der Waals surface area (Å²) in [6, 6.07) is 13.0. The molecule has 144 valence electrons. The number of nitrogens with one attached hydrogen (secondary N) is 1. The molecule has 0 aliphatic heterocycles. The maximum absolute atomic E-state index is 12.6. The highest BCUT2D eigenvalue weighted by Gasteiger charge is 2.16. The number of sulfonamides is 1. The average Bonchev–Trinajstić information content (AvgIpc) is 2.66. The first-order valence-corrected chi connectivity index (χ1v) is 11.1. The van der Waals surface area contributed by atoms with Crippen molar-refractivity contribution < 1.29 is 13.2 Å². The van der Waals surface area contributed by atoms with Gasteiger partial charge in [-0.05, 0) is 73.6 Å². The second-order valence-electron chi connectivity index (χ2n) is 7.21. The number of benzene rings is 2. The Labute approximate surface area is 161 Å². The van der Waals surface area contributed by atoms with E-state index in [0.29, 0.717) is 11.3 Å². The lowest BCUT2D eigenvalue weighted by atomic mass is 9.89. The minimum absolute atomic E-state index is 0.0944. The number of rotatable bonds is 5. The van der Waals surface area contributed by atoms with Crippen molar-refractivity contribution in [3.8, 4) is 0 Å². The Kier molecular flexibility index (Phi) is 5.56. The number of carbonyl (C=O) groups is 1. The highest BCUT2D eigenvalue weighted by atomic mass is 32.2. The van der Waals surface area contributed by atoms with Crippen LogP contribution in [-0.4, -0.2) is 27.6 Å². The summed E-state index contributed by atoms with van der Waals surface area (Å²) in [5.41, 5.74) is 4.96. The van der Waals surface area contributed by atoms with Gasteiger partial charge in [0.05, 0.1) is 18.0 Å². The molecular formula is C21H26N2O3S.